The number of rotatable bonds is 5. The summed E-state index contributed by atoms with van der Waals surface area (Å²) in [6, 6.07) is 7.35. The van der Waals surface area contributed by atoms with Crippen LogP contribution in [0, 0.1) is 0 Å². The zero-order valence-corrected chi connectivity index (χ0v) is 10.7. The zero-order chi connectivity index (χ0) is 12.0. The Morgan fingerprint density at radius 3 is 2.81 bits per heavy atom. The molecule has 1 atom stereocenters. The molecule has 1 amide bonds. The summed E-state index contributed by atoms with van der Waals surface area (Å²) in [5.41, 5.74) is 0.912. The summed E-state index contributed by atoms with van der Waals surface area (Å²) in [7, 11) is 0. The number of amides is 1. The summed E-state index contributed by atoms with van der Waals surface area (Å²) in [6.45, 7) is 1.99. The van der Waals surface area contributed by atoms with Gasteiger partial charge in [-0.2, -0.15) is 0 Å². The fourth-order valence-corrected chi connectivity index (χ4v) is 1.87. The van der Waals surface area contributed by atoms with E-state index in [1.165, 1.54) is 0 Å². The summed E-state index contributed by atoms with van der Waals surface area (Å²) in [5, 5.41) is 3.52. The van der Waals surface area contributed by atoms with Crippen LogP contribution in [-0.2, 0) is 11.2 Å². The highest BCUT2D eigenvalue weighted by Crippen LogP contribution is 2.11. The van der Waals surface area contributed by atoms with Crippen LogP contribution >= 0.6 is 23.2 Å². The molecule has 0 aliphatic rings. The van der Waals surface area contributed by atoms with E-state index >= 15 is 0 Å². The van der Waals surface area contributed by atoms with Crippen LogP contribution in [0.4, 0.5) is 0 Å². The molecular formula is C12H15Cl2NO. The van der Waals surface area contributed by atoms with Crippen molar-refractivity contribution in [3.8, 4) is 0 Å². The molecule has 0 spiro atoms. The van der Waals surface area contributed by atoms with Crippen LogP contribution in [0.15, 0.2) is 24.3 Å². The standard InChI is InChI=1S/C12H15Cl2NO/c1-2-11(8-13)15-12(16)7-9-4-3-5-10(14)6-9/h3-6,11H,2,7-8H2,1H3,(H,15,16). The van der Waals surface area contributed by atoms with Gasteiger partial charge in [0.05, 0.1) is 6.42 Å². The van der Waals surface area contributed by atoms with E-state index in [9.17, 15) is 4.79 Å². The van der Waals surface area contributed by atoms with E-state index in [1.54, 1.807) is 12.1 Å². The molecule has 0 saturated carbocycles. The second-order valence-electron chi connectivity index (χ2n) is 3.63. The first kappa shape index (κ1) is 13.3. The first-order chi connectivity index (χ1) is 7.65. The molecule has 0 heterocycles. The van der Waals surface area contributed by atoms with Crippen molar-refractivity contribution in [2.45, 2.75) is 25.8 Å². The Bertz CT molecular complexity index is 351. The van der Waals surface area contributed by atoms with Crippen molar-refractivity contribution in [3.05, 3.63) is 34.9 Å². The van der Waals surface area contributed by atoms with Crippen molar-refractivity contribution in [1.82, 2.24) is 5.32 Å². The van der Waals surface area contributed by atoms with Gasteiger partial charge in [0.1, 0.15) is 0 Å². The van der Waals surface area contributed by atoms with E-state index in [0.717, 1.165) is 12.0 Å². The predicted molar refractivity (Wildman–Crippen MR) is 68.1 cm³/mol. The molecule has 0 aromatic heterocycles. The highest BCUT2D eigenvalue weighted by Gasteiger charge is 2.09. The molecule has 4 heteroatoms. The summed E-state index contributed by atoms with van der Waals surface area (Å²) >= 11 is 11.5. The van der Waals surface area contributed by atoms with Crippen LogP contribution in [0.1, 0.15) is 18.9 Å². The fraction of sp³-hybridized carbons (Fsp3) is 0.417. The van der Waals surface area contributed by atoms with E-state index in [-0.39, 0.29) is 11.9 Å². The molecule has 2 nitrogen and oxygen atoms in total. The van der Waals surface area contributed by atoms with Crippen LogP contribution in [0.5, 0.6) is 0 Å². The van der Waals surface area contributed by atoms with Crippen LogP contribution < -0.4 is 5.32 Å². The van der Waals surface area contributed by atoms with Crippen molar-refractivity contribution < 1.29 is 4.79 Å². The van der Waals surface area contributed by atoms with Gasteiger partial charge in [0.25, 0.3) is 0 Å². The third-order valence-electron chi connectivity index (χ3n) is 2.30. The maximum atomic E-state index is 11.6. The Balaban J connectivity index is 2.51. The van der Waals surface area contributed by atoms with Gasteiger partial charge in [-0.25, -0.2) is 0 Å². The van der Waals surface area contributed by atoms with Gasteiger partial charge >= 0.3 is 0 Å². The Labute approximate surface area is 106 Å². The van der Waals surface area contributed by atoms with Gasteiger partial charge in [-0.15, -0.1) is 11.6 Å². The molecule has 0 bridgehead atoms. The Morgan fingerprint density at radius 1 is 1.50 bits per heavy atom. The largest absolute Gasteiger partial charge is 0.352 e. The number of alkyl halides is 1. The first-order valence-corrected chi connectivity index (χ1v) is 6.16. The normalized spacial score (nSPS) is 12.2. The first-order valence-electron chi connectivity index (χ1n) is 5.25. The van der Waals surface area contributed by atoms with E-state index in [1.807, 2.05) is 19.1 Å². The van der Waals surface area contributed by atoms with E-state index in [2.05, 4.69) is 5.32 Å². The van der Waals surface area contributed by atoms with E-state index < -0.39 is 0 Å². The summed E-state index contributed by atoms with van der Waals surface area (Å²) < 4.78 is 0. The van der Waals surface area contributed by atoms with Crippen LogP contribution in [0.3, 0.4) is 0 Å². The summed E-state index contributed by atoms with van der Waals surface area (Å²) in [5.74, 6) is 0.424. The molecule has 1 unspecified atom stereocenters. The second-order valence-corrected chi connectivity index (χ2v) is 4.38. The molecule has 1 aromatic rings. The van der Waals surface area contributed by atoms with Gasteiger partial charge in [0.15, 0.2) is 0 Å². The molecule has 0 fully saturated rings. The molecule has 0 aliphatic heterocycles. The minimum absolute atomic E-state index is 0.0187. The van der Waals surface area contributed by atoms with Gasteiger partial charge in [0.2, 0.25) is 5.91 Å². The Hall–Kier alpha value is -0.730. The van der Waals surface area contributed by atoms with Crippen molar-refractivity contribution >= 4 is 29.1 Å². The molecule has 0 saturated heterocycles. The van der Waals surface area contributed by atoms with Gasteiger partial charge in [-0.05, 0) is 24.1 Å². The fourth-order valence-electron chi connectivity index (χ4n) is 1.36. The molecule has 88 valence electrons. The molecule has 1 aromatic carbocycles. The monoisotopic (exact) mass is 259 g/mol. The minimum Gasteiger partial charge on any atom is -0.352 e. The smallest absolute Gasteiger partial charge is 0.224 e. The number of hydrogen-bond donors (Lipinski definition) is 1. The summed E-state index contributed by atoms with van der Waals surface area (Å²) in [4.78, 5) is 11.6. The van der Waals surface area contributed by atoms with Crippen molar-refractivity contribution in [2.75, 3.05) is 5.88 Å². The van der Waals surface area contributed by atoms with Crippen molar-refractivity contribution in [3.63, 3.8) is 0 Å². The average molecular weight is 260 g/mol. The van der Waals surface area contributed by atoms with Gasteiger partial charge in [0, 0.05) is 16.9 Å². The molecule has 0 aliphatic carbocycles. The highest BCUT2D eigenvalue weighted by molar-refractivity contribution is 6.30. The SMILES string of the molecule is CCC(CCl)NC(=O)Cc1cccc(Cl)c1. The second kappa shape index (κ2) is 6.77. The Kier molecular flexibility index (Phi) is 5.64. The molecule has 1 rings (SSSR count). The lowest BCUT2D eigenvalue weighted by molar-refractivity contribution is -0.121. The molecule has 1 N–H and O–H groups in total. The van der Waals surface area contributed by atoms with Crippen LogP contribution in [-0.4, -0.2) is 17.8 Å². The Morgan fingerprint density at radius 2 is 2.25 bits per heavy atom. The quantitative estimate of drug-likeness (QED) is 0.810. The number of hydrogen-bond acceptors (Lipinski definition) is 1. The van der Waals surface area contributed by atoms with Crippen LogP contribution in [0.2, 0.25) is 5.02 Å². The highest BCUT2D eigenvalue weighted by atomic mass is 35.5. The molecular weight excluding hydrogens is 245 g/mol. The molecule has 0 radical (unpaired) electrons. The number of carbonyl (C=O) groups excluding carboxylic acids is 1. The summed E-state index contributed by atoms with van der Waals surface area (Å²) in [6.07, 6.45) is 1.18. The third-order valence-corrected chi connectivity index (χ3v) is 2.91. The van der Waals surface area contributed by atoms with Gasteiger partial charge in [-0.1, -0.05) is 30.7 Å². The van der Waals surface area contributed by atoms with Crippen molar-refractivity contribution in [1.29, 1.82) is 0 Å². The maximum Gasteiger partial charge on any atom is 0.224 e. The topological polar surface area (TPSA) is 29.1 Å². The average Bonchev–Trinajstić information content (AvgIpc) is 2.26. The number of nitrogens with one attached hydrogen (secondary N) is 1. The van der Waals surface area contributed by atoms with Gasteiger partial charge in [-0.3, -0.25) is 4.79 Å². The lowest BCUT2D eigenvalue weighted by atomic mass is 10.1. The molecule has 16 heavy (non-hydrogen) atoms. The third kappa shape index (κ3) is 4.42. The van der Waals surface area contributed by atoms with Crippen LogP contribution in [0.25, 0.3) is 0 Å². The predicted octanol–water partition coefficient (Wildman–Crippen LogP) is 3.02. The zero-order valence-electron chi connectivity index (χ0n) is 9.17. The van der Waals surface area contributed by atoms with Crippen molar-refractivity contribution in [2.24, 2.45) is 0 Å². The van der Waals surface area contributed by atoms with E-state index in [4.69, 9.17) is 23.2 Å². The van der Waals surface area contributed by atoms with E-state index in [0.29, 0.717) is 17.3 Å². The maximum absolute atomic E-state index is 11.6. The minimum atomic E-state index is -0.0187. The number of benzene rings is 1. The number of halogens is 2. The lowest BCUT2D eigenvalue weighted by Gasteiger charge is -2.13. The van der Waals surface area contributed by atoms with Gasteiger partial charge < -0.3 is 5.32 Å². The lowest BCUT2D eigenvalue weighted by Crippen LogP contribution is -2.36. The number of carbonyl (C=O) groups is 1.